The first-order chi connectivity index (χ1) is 8.25. The van der Waals surface area contributed by atoms with Crippen molar-refractivity contribution in [1.29, 1.82) is 0 Å². The van der Waals surface area contributed by atoms with Gasteiger partial charge in [0.15, 0.2) is 0 Å². The normalized spacial score (nSPS) is 13.1. The third-order valence-corrected chi connectivity index (χ3v) is 2.79. The fraction of sp³-hybridized carbons (Fsp3) is 0.833. The highest BCUT2D eigenvalue weighted by Gasteiger charge is 2.16. The van der Waals surface area contributed by atoms with Crippen LogP contribution in [0.15, 0.2) is 0 Å². The van der Waals surface area contributed by atoms with Gasteiger partial charge in [-0.1, -0.05) is 0 Å². The number of hydrogen-bond acceptors (Lipinski definition) is 4. The topological polar surface area (TPSA) is 87.5 Å². The Morgan fingerprint density at radius 2 is 1.61 bits per heavy atom. The highest BCUT2D eigenvalue weighted by molar-refractivity contribution is 5.96. The predicted molar refractivity (Wildman–Crippen MR) is 72.2 cm³/mol. The van der Waals surface area contributed by atoms with Crippen molar-refractivity contribution in [3.63, 3.8) is 0 Å². The van der Waals surface area contributed by atoms with Crippen molar-refractivity contribution in [1.82, 2.24) is 15.5 Å². The van der Waals surface area contributed by atoms with Gasteiger partial charge in [-0.05, 0) is 34.6 Å². The molecule has 0 fully saturated rings. The second-order valence-electron chi connectivity index (χ2n) is 4.95. The van der Waals surface area contributed by atoms with Crippen LogP contribution in [0.1, 0.15) is 34.6 Å². The second kappa shape index (κ2) is 8.05. The number of nitrogens with zero attached hydrogens (tertiary/aromatic N) is 1. The Morgan fingerprint density at radius 1 is 1.11 bits per heavy atom. The molecule has 0 saturated carbocycles. The van der Waals surface area contributed by atoms with Crippen molar-refractivity contribution in [2.24, 2.45) is 5.73 Å². The molecule has 0 saturated heterocycles. The van der Waals surface area contributed by atoms with Gasteiger partial charge >= 0.3 is 6.03 Å². The standard InChI is InChI=1S/C12H26N4O2/c1-8(2)16(9(3)4)7-6-14-10(5)11(17)15-12(13)18/h8-10,14H,6-7H2,1-5H3,(H3,13,15,17,18). The van der Waals surface area contributed by atoms with Crippen LogP contribution in [0.4, 0.5) is 4.79 Å². The molecule has 1 atom stereocenters. The highest BCUT2D eigenvalue weighted by Crippen LogP contribution is 2.03. The molecule has 0 heterocycles. The van der Waals surface area contributed by atoms with E-state index in [4.69, 9.17) is 5.73 Å². The fourth-order valence-electron chi connectivity index (χ4n) is 1.85. The van der Waals surface area contributed by atoms with Crippen LogP contribution in [0.25, 0.3) is 0 Å². The SMILES string of the molecule is CC(NCCN(C(C)C)C(C)C)C(=O)NC(N)=O. The van der Waals surface area contributed by atoms with Gasteiger partial charge in [0.2, 0.25) is 5.91 Å². The summed E-state index contributed by atoms with van der Waals surface area (Å²) in [4.78, 5) is 24.3. The van der Waals surface area contributed by atoms with Crippen molar-refractivity contribution in [3.05, 3.63) is 0 Å². The third-order valence-electron chi connectivity index (χ3n) is 2.79. The molecule has 0 aromatic heterocycles. The Kier molecular flexibility index (Phi) is 7.54. The molecular formula is C12H26N4O2. The minimum atomic E-state index is -0.820. The van der Waals surface area contributed by atoms with Crippen LogP contribution in [-0.2, 0) is 4.79 Å². The van der Waals surface area contributed by atoms with Gasteiger partial charge in [0, 0.05) is 25.2 Å². The Hall–Kier alpha value is -1.14. The van der Waals surface area contributed by atoms with Crippen molar-refractivity contribution >= 4 is 11.9 Å². The fourth-order valence-corrected chi connectivity index (χ4v) is 1.85. The third kappa shape index (κ3) is 6.56. The lowest BCUT2D eigenvalue weighted by Gasteiger charge is -2.30. The minimum Gasteiger partial charge on any atom is -0.351 e. The average Bonchev–Trinajstić information content (AvgIpc) is 2.21. The van der Waals surface area contributed by atoms with E-state index in [2.05, 4.69) is 43.2 Å². The molecule has 0 aliphatic heterocycles. The van der Waals surface area contributed by atoms with E-state index in [1.807, 2.05) is 0 Å². The van der Waals surface area contributed by atoms with E-state index >= 15 is 0 Å². The van der Waals surface area contributed by atoms with Gasteiger partial charge in [-0.2, -0.15) is 0 Å². The molecule has 6 nitrogen and oxygen atoms in total. The highest BCUT2D eigenvalue weighted by atomic mass is 16.2. The molecule has 106 valence electrons. The summed E-state index contributed by atoms with van der Waals surface area (Å²) in [5, 5.41) is 5.12. The Bertz CT molecular complexity index is 271. The Labute approximate surface area is 109 Å². The minimum absolute atomic E-state index is 0.400. The number of nitrogens with one attached hydrogen (secondary N) is 2. The zero-order chi connectivity index (χ0) is 14.3. The molecule has 0 radical (unpaired) electrons. The van der Waals surface area contributed by atoms with Crippen molar-refractivity contribution < 1.29 is 9.59 Å². The number of rotatable bonds is 7. The molecule has 0 spiro atoms. The smallest absolute Gasteiger partial charge is 0.318 e. The van der Waals surface area contributed by atoms with Crippen LogP contribution in [0.3, 0.4) is 0 Å². The molecule has 4 N–H and O–H groups in total. The predicted octanol–water partition coefficient (Wildman–Crippen LogP) is 0.278. The van der Waals surface area contributed by atoms with Gasteiger partial charge in [0.1, 0.15) is 0 Å². The number of nitrogens with two attached hydrogens (primary N) is 1. The summed E-state index contributed by atoms with van der Waals surface area (Å²) in [6.45, 7) is 11.8. The second-order valence-corrected chi connectivity index (χ2v) is 4.95. The lowest BCUT2D eigenvalue weighted by atomic mass is 10.2. The number of primary amides is 1. The lowest BCUT2D eigenvalue weighted by Crippen LogP contribution is -2.49. The maximum Gasteiger partial charge on any atom is 0.318 e. The molecular weight excluding hydrogens is 232 g/mol. The summed E-state index contributed by atoms with van der Waals surface area (Å²) in [5.41, 5.74) is 4.88. The maximum atomic E-state index is 11.4. The largest absolute Gasteiger partial charge is 0.351 e. The maximum absolute atomic E-state index is 11.4. The lowest BCUT2D eigenvalue weighted by molar-refractivity contribution is -0.121. The van der Waals surface area contributed by atoms with Crippen LogP contribution in [-0.4, -0.2) is 48.1 Å². The van der Waals surface area contributed by atoms with E-state index in [0.717, 1.165) is 6.54 Å². The van der Waals surface area contributed by atoms with Gasteiger partial charge in [-0.25, -0.2) is 4.79 Å². The number of amides is 3. The van der Waals surface area contributed by atoms with Gasteiger partial charge in [-0.3, -0.25) is 15.0 Å². The molecule has 0 aliphatic rings. The van der Waals surface area contributed by atoms with Gasteiger partial charge < -0.3 is 11.1 Å². The summed E-state index contributed by atoms with van der Waals surface area (Å²) in [5.74, 6) is -0.400. The quantitative estimate of drug-likeness (QED) is 0.612. The van der Waals surface area contributed by atoms with Gasteiger partial charge in [0.05, 0.1) is 6.04 Å². The first-order valence-corrected chi connectivity index (χ1v) is 6.35. The Morgan fingerprint density at radius 3 is 2.00 bits per heavy atom. The van der Waals surface area contributed by atoms with Gasteiger partial charge in [0.25, 0.3) is 0 Å². The van der Waals surface area contributed by atoms with Crippen molar-refractivity contribution in [3.8, 4) is 0 Å². The van der Waals surface area contributed by atoms with E-state index in [9.17, 15) is 9.59 Å². The monoisotopic (exact) mass is 258 g/mol. The van der Waals surface area contributed by atoms with Crippen molar-refractivity contribution in [2.45, 2.75) is 52.7 Å². The van der Waals surface area contributed by atoms with E-state index in [0.29, 0.717) is 18.6 Å². The molecule has 18 heavy (non-hydrogen) atoms. The number of urea groups is 1. The summed E-state index contributed by atoms with van der Waals surface area (Å²) in [6.07, 6.45) is 0. The first kappa shape index (κ1) is 16.9. The van der Waals surface area contributed by atoms with Crippen LogP contribution in [0, 0.1) is 0 Å². The summed E-state index contributed by atoms with van der Waals surface area (Å²) >= 11 is 0. The van der Waals surface area contributed by atoms with E-state index in [-0.39, 0.29) is 0 Å². The number of carbonyl (C=O) groups excluding carboxylic acids is 2. The van der Waals surface area contributed by atoms with Crippen LogP contribution in [0.2, 0.25) is 0 Å². The number of hydrogen-bond donors (Lipinski definition) is 3. The van der Waals surface area contributed by atoms with E-state index in [1.54, 1.807) is 6.92 Å². The molecule has 0 rings (SSSR count). The van der Waals surface area contributed by atoms with E-state index < -0.39 is 18.0 Å². The summed E-state index contributed by atoms with van der Waals surface area (Å²) in [7, 11) is 0. The molecule has 0 aromatic rings. The molecule has 1 unspecified atom stereocenters. The molecule has 3 amide bonds. The average molecular weight is 258 g/mol. The molecule has 6 heteroatoms. The molecule has 0 aliphatic carbocycles. The number of carbonyl (C=O) groups is 2. The zero-order valence-electron chi connectivity index (χ0n) is 12.0. The van der Waals surface area contributed by atoms with Crippen LogP contribution < -0.4 is 16.4 Å². The summed E-state index contributed by atoms with van der Waals surface area (Å²) < 4.78 is 0. The zero-order valence-corrected chi connectivity index (χ0v) is 12.0. The first-order valence-electron chi connectivity index (χ1n) is 6.35. The molecule has 0 aromatic carbocycles. The van der Waals surface area contributed by atoms with Crippen molar-refractivity contribution in [2.75, 3.05) is 13.1 Å². The number of imide groups is 1. The van der Waals surface area contributed by atoms with Crippen LogP contribution >= 0.6 is 0 Å². The van der Waals surface area contributed by atoms with E-state index in [1.165, 1.54) is 0 Å². The summed E-state index contributed by atoms with van der Waals surface area (Å²) in [6, 6.07) is -0.332. The molecule has 0 bridgehead atoms. The Balaban J connectivity index is 4.02. The van der Waals surface area contributed by atoms with Crippen LogP contribution in [0.5, 0.6) is 0 Å². The van der Waals surface area contributed by atoms with Gasteiger partial charge in [-0.15, -0.1) is 0 Å².